The summed E-state index contributed by atoms with van der Waals surface area (Å²) in [5, 5.41) is 11.6. The number of H-pyrrole nitrogens is 1. The van der Waals surface area contributed by atoms with Crippen LogP contribution in [-0.4, -0.2) is 28.4 Å². The SMILES string of the molecule is CCOC(=O)c1ccc2c(C(=Nc3ccc(C(C)(C)N)c(N)c3)c3ccccc3)c(O)[nH]c2c1. The van der Waals surface area contributed by atoms with Crippen molar-refractivity contribution < 1.29 is 14.6 Å². The second kappa shape index (κ2) is 9.03. The zero-order valence-electron chi connectivity index (χ0n) is 19.4. The lowest BCUT2D eigenvalue weighted by atomic mass is 9.93. The molecule has 6 N–H and O–H groups in total. The molecule has 0 fully saturated rings. The Morgan fingerprint density at radius 2 is 1.79 bits per heavy atom. The van der Waals surface area contributed by atoms with E-state index in [0.717, 1.165) is 16.5 Å². The van der Waals surface area contributed by atoms with Crippen molar-refractivity contribution in [2.45, 2.75) is 26.3 Å². The highest BCUT2D eigenvalue weighted by Crippen LogP contribution is 2.33. The van der Waals surface area contributed by atoms with E-state index >= 15 is 0 Å². The lowest BCUT2D eigenvalue weighted by Gasteiger charge is -2.21. The predicted molar refractivity (Wildman–Crippen MR) is 136 cm³/mol. The number of carbonyl (C=O) groups is 1. The highest BCUT2D eigenvalue weighted by molar-refractivity contribution is 6.22. The van der Waals surface area contributed by atoms with E-state index in [9.17, 15) is 9.90 Å². The van der Waals surface area contributed by atoms with E-state index in [0.29, 0.717) is 33.7 Å². The van der Waals surface area contributed by atoms with Crippen LogP contribution in [-0.2, 0) is 10.3 Å². The molecule has 7 heteroatoms. The average molecular weight is 457 g/mol. The number of anilines is 1. The van der Waals surface area contributed by atoms with E-state index in [2.05, 4.69) is 4.98 Å². The number of ether oxygens (including phenoxy) is 1. The Hall–Kier alpha value is -4.10. The molecule has 4 rings (SSSR count). The molecule has 0 spiro atoms. The number of hydrogen-bond donors (Lipinski definition) is 4. The molecule has 3 aromatic carbocycles. The van der Waals surface area contributed by atoms with Gasteiger partial charge < -0.3 is 26.3 Å². The Morgan fingerprint density at radius 3 is 2.44 bits per heavy atom. The zero-order valence-corrected chi connectivity index (χ0v) is 19.4. The van der Waals surface area contributed by atoms with Crippen LogP contribution in [0.2, 0.25) is 0 Å². The molecule has 0 saturated carbocycles. The topological polar surface area (TPSA) is 127 Å². The molecule has 0 radical (unpaired) electrons. The Morgan fingerprint density at radius 1 is 1.06 bits per heavy atom. The van der Waals surface area contributed by atoms with Crippen molar-refractivity contribution in [3.8, 4) is 5.88 Å². The van der Waals surface area contributed by atoms with Crippen LogP contribution in [0, 0.1) is 0 Å². The van der Waals surface area contributed by atoms with E-state index in [1.165, 1.54) is 0 Å². The number of rotatable bonds is 6. The number of esters is 1. The van der Waals surface area contributed by atoms with Crippen LogP contribution < -0.4 is 11.5 Å². The molecule has 0 bridgehead atoms. The largest absolute Gasteiger partial charge is 0.494 e. The Kier molecular flexibility index (Phi) is 6.13. The predicted octanol–water partition coefficient (Wildman–Crippen LogP) is 5.00. The lowest BCUT2D eigenvalue weighted by Crippen LogP contribution is -2.29. The fourth-order valence-corrected chi connectivity index (χ4v) is 3.96. The number of aromatic hydroxyl groups is 1. The van der Waals surface area contributed by atoms with Crippen LogP contribution >= 0.6 is 0 Å². The summed E-state index contributed by atoms with van der Waals surface area (Å²) in [5.74, 6) is -0.471. The van der Waals surface area contributed by atoms with Crippen molar-refractivity contribution in [2.75, 3.05) is 12.3 Å². The summed E-state index contributed by atoms with van der Waals surface area (Å²) in [7, 11) is 0. The molecule has 34 heavy (non-hydrogen) atoms. The summed E-state index contributed by atoms with van der Waals surface area (Å²) in [4.78, 5) is 20.0. The maximum Gasteiger partial charge on any atom is 0.338 e. The minimum atomic E-state index is -0.583. The number of carbonyl (C=O) groups excluding carboxylic acids is 1. The van der Waals surface area contributed by atoms with Crippen molar-refractivity contribution in [3.05, 3.63) is 89.0 Å². The number of fused-ring (bicyclic) bond motifs is 1. The minimum absolute atomic E-state index is 0.0497. The molecule has 0 saturated heterocycles. The number of aromatic nitrogens is 1. The number of hydrogen-bond acceptors (Lipinski definition) is 6. The zero-order chi connectivity index (χ0) is 24.5. The van der Waals surface area contributed by atoms with Gasteiger partial charge in [0.1, 0.15) is 0 Å². The average Bonchev–Trinajstić information content (AvgIpc) is 3.12. The van der Waals surface area contributed by atoms with Gasteiger partial charge in [0.05, 0.1) is 29.1 Å². The molecular weight excluding hydrogens is 428 g/mol. The summed E-state index contributed by atoms with van der Waals surface area (Å²) in [6.07, 6.45) is 0. The first kappa shape index (κ1) is 23.1. The van der Waals surface area contributed by atoms with Crippen molar-refractivity contribution in [1.82, 2.24) is 4.98 Å². The normalized spacial score (nSPS) is 12.2. The molecule has 4 aromatic rings. The molecule has 1 aromatic heterocycles. The quantitative estimate of drug-likeness (QED) is 0.185. The smallest absolute Gasteiger partial charge is 0.338 e. The highest BCUT2D eigenvalue weighted by Gasteiger charge is 2.21. The van der Waals surface area contributed by atoms with Crippen LogP contribution in [0.25, 0.3) is 10.9 Å². The molecule has 174 valence electrons. The van der Waals surface area contributed by atoms with Gasteiger partial charge in [-0.3, -0.25) is 0 Å². The van der Waals surface area contributed by atoms with Gasteiger partial charge in [-0.1, -0.05) is 42.5 Å². The minimum Gasteiger partial charge on any atom is -0.494 e. The van der Waals surface area contributed by atoms with Crippen molar-refractivity contribution >= 4 is 34.0 Å². The molecule has 0 unspecified atom stereocenters. The van der Waals surface area contributed by atoms with Crippen molar-refractivity contribution in [1.29, 1.82) is 0 Å². The Labute approximate surface area is 198 Å². The third-order valence-corrected chi connectivity index (χ3v) is 5.54. The molecule has 0 aliphatic rings. The maximum atomic E-state index is 12.2. The standard InChI is InChI=1S/C27H28N4O3/c1-4-34-26(33)17-10-12-19-22(14-17)31-25(32)23(19)24(16-8-6-5-7-9-16)30-18-11-13-20(21(28)15-18)27(2,3)29/h5-15,31-32H,4,28-29H2,1-3H3. The number of nitrogens with zero attached hydrogens (tertiary/aromatic N) is 1. The van der Waals surface area contributed by atoms with Crippen LogP contribution in [0.3, 0.4) is 0 Å². The van der Waals surface area contributed by atoms with E-state index < -0.39 is 11.5 Å². The van der Waals surface area contributed by atoms with Gasteiger partial charge in [0.15, 0.2) is 5.88 Å². The van der Waals surface area contributed by atoms with Gasteiger partial charge in [0.2, 0.25) is 0 Å². The lowest BCUT2D eigenvalue weighted by molar-refractivity contribution is 0.0526. The fourth-order valence-electron chi connectivity index (χ4n) is 3.96. The molecular formula is C27H28N4O3. The number of nitrogens with two attached hydrogens (primary N) is 2. The fraction of sp³-hybridized carbons (Fsp3) is 0.185. The third-order valence-electron chi connectivity index (χ3n) is 5.54. The van der Waals surface area contributed by atoms with E-state index in [1.54, 1.807) is 31.2 Å². The van der Waals surface area contributed by atoms with Crippen LogP contribution in [0.15, 0.2) is 71.7 Å². The van der Waals surface area contributed by atoms with E-state index in [1.807, 2.05) is 56.3 Å². The number of nitrogen functional groups attached to an aromatic ring is 1. The van der Waals surface area contributed by atoms with Gasteiger partial charge in [0.25, 0.3) is 0 Å². The summed E-state index contributed by atoms with van der Waals surface area (Å²) < 4.78 is 5.09. The number of aromatic amines is 1. The van der Waals surface area contributed by atoms with Gasteiger partial charge in [-0.15, -0.1) is 0 Å². The molecule has 7 nitrogen and oxygen atoms in total. The van der Waals surface area contributed by atoms with Crippen LogP contribution in [0.5, 0.6) is 5.88 Å². The summed E-state index contributed by atoms with van der Waals surface area (Å²) in [6.45, 7) is 5.83. The number of benzene rings is 3. The second-order valence-corrected chi connectivity index (χ2v) is 8.65. The van der Waals surface area contributed by atoms with Gasteiger partial charge >= 0.3 is 5.97 Å². The molecule has 0 atom stereocenters. The monoisotopic (exact) mass is 456 g/mol. The Balaban J connectivity index is 1.89. The van der Waals surface area contributed by atoms with Crippen molar-refractivity contribution in [3.63, 3.8) is 0 Å². The first-order valence-corrected chi connectivity index (χ1v) is 11.0. The van der Waals surface area contributed by atoms with Gasteiger partial charge in [-0.25, -0.2) is 9.79 Å². The van der Waals surface area contributed by atoms with Crippen LogP contribution in [0.1, 0.15) is 47.8 Å². The maximum absolute atomic E-state index is 12.2. The Bertz CT molecular complexity index is 1380. The molecule has 0 aliphatic carbocycles. The second-order valence-electron chi connectivity index (χ2n) is 8.65. The number of aliphatic imine (C=N–C) groups is 1. The first-order chi connectivity index (χ1) is 16.2. The molecule has 0 aliphatic heterocycles. The molecule has 0 amide bonds. The molecule has 1 heterocycles. The van der Waals surface area contributed by atoms with Crippen LogP contribution in [0.4, 0.5) is 11.4 Å². The summed E-state index contributed by atoms with van der Waals surface area (Å²) in [6, 6.07) is 20.2. The van der Waals surface area contributed by atoms with Gasteiger partial charge in [-0.2, -0.15) is 0 Å². The number of nitrogens with one attached hydrogen (secondary N) is 1. The van der Waals surface area contributed by atoms with E-state index in [4.69, 9.17) is 21.2 Å². The summed E-state index contributed by atoms with van der Waals surface area (Å²) >= 11 is 0. The van der Waals surface area contributed by atoms with Crippen molar-refractivity contribution in [2.24, 2.45) is 10.7 Å². The van der Waals surface area contributed by atoms with Gasteiger partial charge in [0, 0.05) is 27.7 Å². The summed E-state index contributed by atoms with van der Waals surface area (Å²) in [5.41, 5.74) is 16.8. The van der Waals surface area contributed by atoms with E-state index in [-0.39, 0.29) is 12.5 Å². The third kappa shape index (κ3) is 4.51. The first-order valence-electron chi connectivity index (χ1n) is 11.0. The highest BCUT2D eigenvalue weighted by atomic mass is 16.5. The van der Waals surface area contributed by atoms with Gasteiger partial charge in [-0.05, 0) is 50.6 Å².